The number of furan rings is 1. The number of nitrogens with zero attached hydrogens (tertiary/aromatic N) is 1. The summed E-state index contributed by atoms with van der Waals surface area (Å²) in [4.78, 5) is 27.8. The van der Waals surface area contributed by atoms with Gasteiger partial charge in [-0.15, -0.1) is 0 Å². The number of quaternary nitrogens is 1. The first-order valence-corrected chi connectivity index (χ1v) is 8.75. The average Bonchev–Trinajstić information content (AvgIpc) is 3.24. The molecule has 1 N–H and O–H groups in total. The van der Waals surface area contributed by atoms with Crippen molar-refractivity contribution < 1.29 is 28.4 Å². The van der Waals surface area contributed by atoms with Gasteiger partial charge in [0, 0.05) is 18.5 Å². The van der Waals surface area contributed by atoms with E-state index in [0.717, 1.165) is 18.7 Å². The van der Waals surface area contributed by atoms with Gasteiger partial charge in [0.1, 0.15) is 17.6 Å². The first-order chi connectivity index (χ1) is 12.9. The van der Waals surface area contributed by atoms with E-state index in [4.69, 9.17) is 4.42 Å². The maximum Gasteiger partial charge on any atom is 0.295 e. The SMILES string of the molecule is C[NH+](C)CCCN1C(=O)C(=O)/C(=C(/[O-])c2ccc(F)cc2)C1c1ccco1. The van der Waals surface area contributed by atoms with Crippen LogP contribution in [0.2, 0.25) is 0 Å². The van der Waals surface area contributed by atoms with Crippen molar-refractivity contribution in [3.05, 3.63) is 65.4 Å². The minimum Gasteiger partial charge on any atom is -0.872 e. The van der Waals surface area contributed by atoms with Gasteiger partial charge in [-0.25, -0.2) is 4.39 Å². The minimum absolute atomic E-state index is 0.154. The zero-order valence-electron chi connectivity index (χ0n) is 15.2. The van der Waals surface area contributed by atoms with E-state index in [2.05, 4.69) is 0 Å². The van der Waals surface area contributed by atoms with Crippen molar-refractivity contribution in [3.8, 4) is 0 Å². The Balaban J connectivity index is 2.03. The fourth-order valence-electron chi connectivity index (χ4n) is 3.20. The number of carbonyl (C=O) groups is 2. The molecule has 0 aliphatic carbocycles. The van der Waals surface area contributed by atoms with Gasteiger partial charge in [0.2, 0.25) is 5.78 Å². The Labute approximate surface area is 156 Å². The molecule has 1 unspecified atom stereocenters. The van der Waals surface area contributed by atoms with Crippen LogP contribution in [0.3, 0.4) is 0 Å². The third-order valence-corrected chi connectivity index (χ3v) is 4.52. The van der Waals surface area contributed by atoms with Crippen molar-refractivity contribution in [2.24, 2.45) is 0 Å². The average molecular weight is 372 g/mol. The van der Waals surface area contributed by atoms with Crippen LogP contribution in [0, 0.1) is 5.82 Å². The molecule has 1 aliphatic rings. The molecule has 1 saturated heterocycles. The van der Waals surface area contributed by atoms with Crippen LogP contribution in [0.4, 0.5) is 4.39 Å². The number of Topliss-reactive ketones (excluding diaryl/α,β-unsaturated/α-hetero) is 1. The van der Waals surface area contributed by atoms with E-state index in [1.165, 1.54) is 28.2 Å². The van der Waals surface area contributed by atoms with Crippen molar-refractivity contribution in [3.63, 3.8) is 0 Å². The number of rotatable bonds is 6. The molecule has 3 rings (SSSR count). The summed E-state index contributed by atoms with van der Waals surface area (Å²) in [5.41, 5.74) is 0.00227. The number of hydrogen-bond donors (Lipinski definition) is 1. The minimum atomic E-state index is -0.866. The number of hydrogen-bond acceptors (Lipinski definition) is 4. The van der Waals surface area contributed by atoms with Gasteiger partial charge in [-0.1, -0.05) is 17.9 Å². The molecule has 27 heavy (non-hydrogen) atoms. The Hall–Kier alpha value is -2.93. The van der Waals surface area contributed by atoms with Crippen molar-refractivity contribution in [2.75, 3.05) is 27.2 Å². The Bertz CT molecular complexity index is 857. The van der Waals surface area contributed by atoms with Crippen LogP contribution in [0.15, 0.2) is 52.7 Å². The molecule has 0 saturated carbocycles. The van der Waals surface area contributed by atoms with E-state index in [1.807, 2.05) is 14.1 Å². The van der Waals surface area contributed by atoms with E-state index < -0.39 is 29.3 Å². The number of ketones is 1. The Kier molecular flexibility index (Phi) is 5.41. The summed E-state index contributed by atoms with van der Waals surface area (Å²) in [6.45, 7) is 1.14. The quantitative estimate of drug-likeness (QED) is 0.446. The molecule has 2 heterocycles. The highest BCUT2D eigenvalue weighted by Crippen LogP contribution is 2.38. The summed E-state index contributed by atoms with van der Waals surface area (Å²) in [5.74, 6) is -2.26. The predicted octanol–water partition coefficient (Wildman–Crippen LogP) is 0.177. The summed E-state index contributed by atoms with van der Waals surface area (Å²) in [7, 11) is 3.99. The normalized spacial score (nSPS) is 19.3. The van der Waals surface area contributed by atoms with E-state index >= 15 is 0 Å². The highest BCUT2D eigenvalue weighted by Gasteiger charge is 2.45. The van der Waals surface area contributed by atoms with Crippen molar-refractivity contribution >= 4 is 17.4 Å². The summed E-state index contributed by atoms with van der Waals surface area (Å²) >= 11 is 0. The van der Waals surface area contributed by atoms with E-state index in [-0.39, 0.29) is 11.1 Å². The maximum absolute atomic E-state index is 13.2. The second kappa shape index (κ2) is 7.75. The second-order valence-electron chi connectivity index (χ2n) is 6.81. The second-order valence-corrected chi connectivity index (χ2v) is 6.81. The first-order valence-electron chi connectivity index (χ1n) is 8.75. The van der Waals surface area contributed by atoms with E-state index in [9.17, 15) is 19.1 Å². The van der Waals surface area contributed by atoms with E-state index in [0.29, 0.717) is 18.7 Å². The van der Waals surface area contributed by atoms with Crippen LogP contribution in [0.5, 0.6) is 0 Å². The van der Waals surface area contributed by atoms with Crippen LogP contribution in [-0.2, 0) is 9.59 Å². The zero-order valence-corrected chi connectivity index (χ0v) is 15.2. The molecule has 7 heteroatoms. The van der Waals surface area contributed by atoms with Gasteiger partial charge in [-0.05, 0) is 29.8 Å². The molecule has 1 fully saturated rings. The monoisotopic (exact) mass is 372 g/mol. The van der Waals surface area contributed by atoms with Gasteiger partial charge in [-0.3, -0.25) is 9.59 Å². The largest absolute Gasteiger partial charge is 0.872 e. The number of benzene rings is 1. The van der Waals surface area contributed by atoms with Crippen molar-refractivity contribution in [1.29, 1.82) is 0 Å². The Morgan fingerprint density at radius 3 is 2.52 bits per heavy atom. The molecule has 1 aliphatic heterocycles. The molecule has 0 bridgehead atoms. The van der Waals surface area contributed by atoms with Gasteiger partial charge in [-0.2, -0.15) is 0 Å². The lowest BCUT2D eigenvalue weighted by molar-refractivity contribution is -0.858. The fraction of sp³-hybridized carbons (Fsp3) is 0.300. The van der Waals surface area contributed by atoms with Gasteiger partial charge < -0.3 is 19.3 Å². The van der Waals surface area contributed by atoms with E-state index in [1.54, 1.807) is 12.1 Å². The molecule has 6 nitrogen and oxygen atoms in total. The third kappa shape index (κ3) is 3.78. The number of likely N-dealkylation sites (tertiary alicyclic amines) is 1. The molecule has 1 aromatic heterocycles. The molecule has 142 valence electrons. The van der Waals surface area contributed by atoms with Crippen LogP contribution in [0.25, 0.3) is 5.76 Å². The van der Waals surface area contributed by atoms with Gasteiger partial charge in [0.15, 0.2) is 0 Å². The number of nitrogens with one attached hydrogen (secondary N) is 1. The molecule has 0 radical (unpaired) electrons. The molecule has 1 amide bonds. The smallest absolute Gasteiger partial charge is 0.295 e. The predicted molar refractivity (Wildman–Crippen MR) is 93.8 cm³/mol. The summed E-state index contributed by atoms with van der Waals surface area (Å²) in [6.07, 6.45) is 2.11. The summed E-state index contributed by atoms with van der Waals surface area (Å²) in [5, 5.41) is 12.9. The molecular weight excluding hydrogens is 351 g/mol. The molecular formula is C20H21FN2O4. The third-order valence-electron chi connectivity index (χ3n) is 4.52. The van der Waals surface area contributed by atoms with Gasteiger partial charge >= 0.3 is 0 Å². The molecule has 1 atom stereocenters. The van der Waals surface area contributed by atoms with Crippen molar-refractivity contribution in [2.45, 2.75) is 12.5 Å². The van der Waals surface area contributed by atoms with Crippen LogP contribution < -0.4 is 10.0 Å². The fourth-order valence-corrected chi connectivity index (χ4v) is 3.20. The Morgan fingerprint density at radius 2 is 1.93 bits per heavy atom. The molecule has 2 aromatic rings. The highest BCUT2D eigenvalue weighted by molar-refractivity contribution is 6.46. The number of amides is 1. The highest BCUT2D eigenvalue weighted by atomic mass is 19.1. The van der Waals surface area contributed by atoms with Crippen LogP contribution in [-0.4, -0.2) is 43.8 Å². The lowest BCUT2D eigenvalue weighted by Crippen LogP contribution is -3.05. The molecule has 1 aromatic carbocycles. The van der Waals surface area contributed by atoms with Crippen molar-refractivity contribution in [1.82, 2.24) is 4.90 Å². The topological polar surface area (TPSA) is 78.0 Å². The zero-order chi connectivity index (χ0) is 19.6. The number of carbonyl (C=O) groups excluding carboxylic acids is 2. The molecule has 0 spiro atoms. The van der Waals surface area contributed by atoms with Gasteiger partial charge in [0.05, 0.1) is 26.9 Å². The van der Waals surface area contributed by atoms with Crippen LogP contribution in [0.1, 0.15) is 23.8 Å². The number of halogens is 1. The first kappa shape index (κ1) is 18.8. The lowest BCUT2D eigenvalue weighted by atomic mass is 9.99. The summed E-state index contributed by atoms with van der Waals surface area (Å²) in [6, 6.07) is 7.32. The van der Waals surface area contributed by atoms with Crippen LogP contribution >= 0.6 is 0 Å². The summed E-state index contributed by atoms with van der Waals surface area (Å²) < 4.78 is 18.6. The lowest BCUT2D eigenvalue weighted by Gasteiger charge is -2.25. The Morgan fingerprint density at radius 1 is 1.22 bits per heavy atom. The maximum atomic E-state index is 13.2. The standard InChI is InChI=1S/C20H21FN2O4/c1-22(2)10-4-11-23-17(15-5-3-12-27-15)16(19(25)20(23)26)18(24)13-6-8-14(21)9-7-13/h3,5-9,12,17,24H,4,10-11H2,1-2H3/b18-16+. The van der Waals surface area contributed by atoms with Gasteiger partial charge in [0.25, 0.3) is 5.91 Å².